The van der Waals surface area contributed by atoms with Crippen molar-refractivity contribution in [2.45, 2.75) is 44.2 Å². The van der Waals surface area contributed by atoms with Gasteiger partial charge in [-0.15, -0.1) is 0 Å². The molecule has 3 atom stereocenters. The van der Waals surface area contributed by atoms with Crippen LogP contribution in [0.4, 0.5) is 0 Å². The number of carbonyl (C=O) groups excluding carboxylic acids is 2. The maximum absolute atomic E-state index is 12.9. The van der Waals surface area contributed by atoms with E-state index in [9.17, 15) is 14.8 Å². The predicted molar refractivity (Wildman–Crippen MR) is 77.7 cm³/mol. The van der Waals surface area contributed by atoms with Crippen molar-refractivity contribution in [3.63, 3.8) is 0 Å². The molecule has 0 unspecified atom stereocenters. The van der Waals surface area contributed by atoms with Crippen LogP contribution in [0, 0.1) is 11.1 Å². The number of esters is 1. The number of hydrogen-bond acceptors (Lipinski definition) is 4. The fraction of sp³-hybridized carbons (Fsp3) is 0.562. The molecule has 118 valence electrons. The number of ether oxygens (including phenoxy) is 1. The Morgan fingerprint density at radius 2 is 2.09 bits per heavy atom. The first-order valence-corrected chi connectivity index (χ1v) is 7.72. The molecule has 0 radical (unpaired) electrons. The Kier molecular flexibility index (Phi) is 4.00. The lowest BCUT2D eigenvalue weighted by Gasteiger charge is -2.32. The second kappa shape index (κ2) is 5.94. The summed E-state index contributed by atoms with van der Waals surface area (Å²) in [6.07, 6.45) is 6.02. The van der Waals surface area contributed by atoms with E-state index >= 15 is 0 Å². The zero-order chi connectivity index (χ0) is 15.7. The number of amides is 1. The zero-order valence-electron chi connectivity index (χ0n) is 12.6. The summed E-state index contributed by atoms with van der Waals surface area (Å²) in [5, 5.41) is 11.9. The van der Waals surface area contributed by atoms with E-state index in [-0.39, 0.29) is 17.6 Å². The molecule has 1 amide bonds. The van der Waals surface area contributed by atoms with Crippen LogP contribution in [0.5, 0.6) is 0 Å². The summed E-state index contributed by atoms with van der Waals surface area (Å²) >= 11 is 0. The van der Waals surface area contributed by atoms with Crippen molar-refractivity contribution in [1.29, 1.82) is 0 Å². The van der Waals surface area contributed by atoms with Crippen molar-refractivity contribution >= 4 is 11.9 Å². The Bertz CT molecular complexity index is 589. The van der Waals surface area contributed by atoms with Crippen molar-refractivity contribution in [3.8, 4) is 0 Å². The van der Waals surface area contributed by atoms with Crippen molar-refractivity contribution in [3.05, 3.63) is 35.3 Å². The summed E-state index contributed by atoms with van der Waals surface area (Å²) in [6, 6.07) is 4.19. The average molecular weight is 304 g/mol. The van der Waals surface area contributed by atoms with Gasteiger partial charge in [0.25, 0.3) is 5.69 Å². The summed E-state index contributed by atoms with van der Waals surface area (Å²) in [7, 11) is 1.34. The molecule has 1 saturated carbocycles. The molecule has 0 bridgehead atoms. The van der Waals surface area contributed by atoms with Crippen LogP contribution < -0.4 is 4.73 Å². The van der Waals surface area contributed by atoms with Crippen LogP contribution in [-0.2, 0) is 9.53 Å². The number of methoxy groups -OCH3 is 1. The van der Waals surface area contributed by atoms with Crippen LogP contribution in [0.2, 0.25) is 0 Å². The number of carbonyl (C=O) groups is 2. The van der Waals surface area contributed by atoms with Crippen LogP contribution in [0.1, 0.15) is 42.6 Å². The zero-order valence-corrected chi connectivity index (χ0v) is 12.6. The monoisotopic (exact) mass is 304 g/mol. The largest absolute Gasteiger partial charge is 0.618 e. The third kappa shape index (κ3) is 2.42. The molecule has 0 aromatic carbocycles. The van der Waals surface area contributed by atoms with Gasteiger partial charge >= 0.3 is 11.9 Å². The van der Waals surface area contributed by atoms with Gasteiger partial charge in [0, 0.05) is 18.2 Å². The second-order valence-electron chi connectivity index (χ2n) is 6.01. The number of hydrogen-bond donors (Lipinski definition) is 0. The number of likely N-dealkylation sites (tertiary alicyclic amines) is 1. The van der Waals surface area contributed by atoms with E-state index in [1.165, 1.54) is 19.4 Å². The van der Waals surface area contributed by atoms with E-state index in [4.69, 9.17) is 4.74 Å². The molecular weight excluding hydrogens is 284 g/mol. The maximum atomic E-state index is 12.9. The third-order valence-electron chi connectivity index (χ3n) is 4.84. The smallest absolute Gasteiger partial charge is 0.328 e. The molecular formula is C16H20N2O4. The molecule has 22 heavy (non-hydrogen) atoms. The fourth-order valence-electron chi connectivity index (χ4n) is 3.82. The van der Waals surface area contributed by atoms with Crippen LogP contribution in [-0.4, -0.2) is 36.0 Å². The SMILES string of the molecule is COC(=O)[C@@H]1C[C@@H]2CCCC[C@H]2N1C(=O)c1cccc[n+]1[O-]. The summed E-state index contributed by atoms with van der Waals surface area (Å²) in [6.45, 7) is 0. The molecule has 1 aromatic rings. The maximum Gasteiger partial charge on any atom is 0.328 e. The van der Waals surface area contributed by atoms with Gasteiger partial charge in [0.15, 0.2) is 6.20 Å². The first-order chi connectivity index (χ1) is 10.6. The van der Waals surface area contributed by atoms with Crippen molar-refractivity contribution in [2.24, 2.45) is 5.92 Å². The highest BCUT2D eigenvalue weighted by molar-refractivity contribution is 5.95. The molecule has 2 heterocycles. The van der Waals surface area contributed by atoms with E-state index in [1.807, 2.05) is 0 Å². The Hall–Kier alpha value is -2.11. The minimum Gasteiger partial charge on any atom is -0.618 e. The van der Waals surface area contributed by atoms with E-state index < -0.39 is 12.0 Å². The summed E-state index contributed by atoms with van der Waals surface area (Å²) in [5.41, 5.74) is 0.0580. The highest BCUT2D eigenvalue weighted by Gasteiger charge is 2.49. The van der Waals surface area contributed by atoms with E-state index in [1.54, 1.807) is 17.0 Å². The number of nitrogens with zero attached hydrogens (tertiary/aromatic N) is 2. The second-order valence-corrected chi connectivity index (χ2v) is 6.01. The van der Waals surface area contributed by atoms with Crippen LogP contribution in [0.25, 0.3) is 0 Å². The third-order valence-corrected chi connectivity index (χ3v) is 4.84. The summed E-state index contributed by atoms with van der Waals surface area (Å²) in [5.74, 6) is -0.442. The molecule has 2 fully saturated rings. The van der Waals surface area contributed by atoms with E-state index in [2.05, 4.69) is 0 Å². The molecule has 3 rings (SSSR count). The topological polar surface area (TPSA) is 73.5 Å². The molecule has 0 spiro atoms. The molecule has 6 nitrogen and oxygen atoms in total. The van der Waals surface area contributed by atoms with Gasteiger partial charge < -0.3 is 14.8 Å². The van der Waals surface area contributed by atoms with Gasteiger partial charge in [-0.1, -0.05) is 12.8 Å². The first kappa shape index (κ1) is 14.8. The number of aromatic nitrogens is 1. The van der Waals surface area contributed by atoms with Gasteiger partial charge in [0.2, 0.25) is 0 Å². The van der Waals surface area contributed by atoms with Gasteiger partial charge in [-0.2, -0.15) is 4.73 Å². The normalized spacial score (nSPS) is 27.3. The molecule has 1 aromatic heterocycles. The molecule has 1 aliphatic heterocycles. The number of rotatable bonds is 2. The van der Waals surface area contributed by atoms with Gasteiger partial charge in [0.05, 0.1) is 7.11 Å². The van der Waals surface area contributed by atoms with Gasteiger partial charge in [-0.3, -0.25) is 4.79 Å². The lowest BCUT2D eigenvalue weighted by molar-refractivity contribution is -0.608. The van der Waals surface area contributed by atoms with Crippen molar-refractivity contribution < 1.29 is 19.1 Å². The minimum absolute atomic E-state index is 0.0329. The standard InChI is InChI=1S/C16H20N2O4/c1-22-16(20)14-10-11-6-2-3-7-12(11)18(14)15(19)13-8-4-5-9-17(13)21/h4-5,8-9,11-12,14H,2-3,6-7,10H2,1H3/t11-,12+,14-/m0/s1. The highest BCUT2D eigenvalue weighted by atomic mass is 16.5. The van der Waals surface area contributed by atoms with E-state index in [0.29, 0.717) is 17.1 Å². The quantitative estimate of drug-likeness (QED) is 0.468. The number of pyridine rings is 1. The van der Waals surface area contributed by atoms with Gasteiger partial charge in [0.1, 0.15) is 6.04 Å². The van der Waals surface area contributed by atoms with Crippen molar-refractivity contribution in [2.75, 3.05) is 7.11 Å². The van der Waals surface area contributed by atoms with Gasteiger partial charge in [-0.25, -0.2) is 4.79 Å². The van der Waals surface area contributed by atoms with Crippen LogP contribution in [0.3, 0.4) is 0 Å². The highest BCUT2D eigenvalue weighted by Crippen LogP contribution is 2.40. The molecule has 2 aliphatic rings. The lowest BCUT2D eigenvalue weighted by Crippen LogP contribution is -2.50. The molecule has 0 N–H and O–H groups in total. The number of fused-ring (bicyclic) bond motifs is 1. The summed E-state index contributed by atoms with van der Waals surface area (Å²) in [4.78, 5) is 26.5. The fourth-order valence-corrected chi connectivity index (χ4v) is 3.82. The Morgan fingerprint density at radius 1 is 1.32 bits per heavy atom. The van der Waals surface area contributed by atoms with Crippen LogP contribution >= 0.6 is 0 Å². The Morgan fingerprint density at radius 3 is 2.82 bits per heavy atom. The van der Waals surface area contributed by atoms with E-state index in [0.717, 1.165) is 25.7 Å². The minimum atomic E-state index is -0.578. The molecule has 1 saturated heterocycles. The first-order valence-electron chi connectivity index (χ1n) is 7.72. The predicted octanol–water partition coefficient (Wildman–Crippen LogP) is 1.27. The van der Waals surface area contributed by atoms with Gasteiger partial charge in [-0.05, 0) is 31.2 Å². The molecule has 1 aliphatic carbocycles. The van der Waals surface area contributed by atoms with Crippen LogP contribution in [0.15, 0.2) is 24.4 Å². The van der Waals surface area contributed by atoms with Crippen molar-refractivity contribution in [1.82, 2.24) is 4.90 Å². The lowest BCUT2D eigenvalue weighted by atomic mass is 9.84. The summed E-state index contributed by atoms with van der Waals surface area (Å²) < 4.78 is 5.43. The Balaban J connectivity index is 1.95. The average Bonchev–Trinajstić information content (AvgIpc) is 2.93. The Labute approximate surface area is 129 Å². The molecule has 6 heteroatoms.